The molecule has 4 heteroatoms. The van der Waals surface area contributed by atoms with Crippen molar-refractivity contribution in [1.82, 2.24) is 0 Å². The van der Waals surface area contributed by atoms with Crippen LogP contribution >= 0.6 is 0 Å². The molecule has 0 spiro atoms. The Bertz CT molecular complexity index is 124. The average molecular weight is 204 g/mol. The molecule has 0 bridgehead atoms. The molecule has 1 saturated carbocycles. The molecular weight excluding hydrogens is 184 g/mol. The summed E-state index contributed by atoms with van der Waals surface area (Å²) in [6.45, 7) is 0.875. The van der Waals surface area contributed by atoms with Gasteiger partial charge < -0.3 is 19.7 Å². The maximum atomic E-state index is 8.65. The number of ether oxygens (including phenoxy) is 2. The maximum Gasteiger partial charge on any atom is 0.0837 e. The minimum absolute atomic E-state index is 0.0587. The molecule has 1 aliphatic carbocycles. The molecule has 14 heavy (non-hydrogen) atoms. The van der Waals surface area contributed by atoms with Crippen LogP contribution in [0, 0.1) is 0 Å². The zero-order valence-electron chi connectivity index (χ0n) is 8.52. The summed E-state index contributed by atoms with van der Waals surface area (Å²) in [6, 6.07) is 0. The number of aliphatic hydroxyl groups excluding tert-OH is 2. The van der Waals surface area contributed by atoms with E-state index in [-0.39, 0.29) is 25.4 Å². The SMILES string of the molecule is OCCO[C@@H]1CCCC[C@H]1OCCO. The monoisotopic (exact) mass is 204 g/mol. The Morgan fingerprint density at radius 3 is 1.64 bits per heavy atom. The second kappa shape index (κ2) is 7.17. The molecule has 0 aromatic heterocycles. The van der Waals surface area contributed by atoms with Crippen LogP contribution in [-0.2, 0) is 9.47 Å². The minimum Gasteiger partial charge on any atom is -0.394 e. The van der Waals surface area contributed by atoms with Gasteiger partial charge in [-0.2, -0.15) is 0 Å². The normalized spacial score (nSPS) is 27.9. The molecule has 0 amide bonds. The highest BCUT2D eigenvalue weighted by molar-refractivity contribution is 4.76. The molecule has 0 heterocycles. The van der Waals surface area contributed by atoms with Crippen LogP contribution in [0.3, 0.4) is 0 Å². The van der Waals surface area contributed by atoms with Crippen molar-refractivity contribution in [3.8, 4) is 0 Å². The topological polar surface area (TPSA) is 58.9 Å². The van der Waals surface area contributed by atoms with Crippen LogP contribution in [0.15, 0.2) is 0 Å². The van der Waals surface area contributed by atoms with Crippen molar-refractivity contribution in [2.45, 2.75) is 37.9 Å². The highest BCUT2D eigenvalue weighted by Gasteiger charge is 2.25. The molecule has 2 atom stereocenters. The molecule has 0 unspecified atom stereocenters. The van der Waals surface area contributed by atoms with Gasteiger partial charge in [-0.1, -0.05) is 12.8 Å². The molecule has 2 N–H and O–H groups in total. The Balaban J connectivity index is 2.26. The molecule has 1 rings (SSSR count). The molecule has 84 valence electrons. The molecule has 0 aliphatic heterocycles. The Labute approximate surface area is 84.8 Å². The third-order valence-corrected chi connectivity index (χ3v) is 2.49. The van der Waals surface area contributed by atoms with E-state index in [1.54, 1.807) is 0 Å². The Hall–Kier alpha value is -0.160. The molecular formula is C10H20O4. The lowest BCUT2D eigenvalue weighted by Crippen LogP contribution is -2.36. The summed E-state index contributed by atoms with van der Waals surface area (Å²) in [5.74, 6) is 0. The van der Waals surface area contributed by atoms with Gasteiger partial charge in [-0.25, -0.2) is 0 Å². The van der Waals surface area contributed by atoms with Crippen molar-refractivity contribution in [3.05, 3.63) is 0 Å². The number of hydrogen-bond donors (Lipinski definition) is 2. The molecule has 0 aromatic rings. The summed E-state index contributed by atoms with van der Waals surface area (Å²) in [7, 11) is 0. The van der Waals surface area contributed by atoms with Gasteiger partial charge in [0.15, 0.2) is 0 Å². The lowest BCUT2D eigenvalue weighted by molar-refractivity contribution is -0.102. The zero-order valence-corrected chi connectivity index (χ0v) is 8.52. The summed E-state index contributed by atoms with van der Waals surface area (Å²) < 4.78 is 11.0. The van der Waals surface area contributed by atoms with Crippen molar-refractivity contribution in [2.75, 3.05) is 26.4 Å². The second-order valence-electron chi connectivity index (χ2n) is 3.55. The lowest BCUT2D eigenvalue weighted by Gasteiger charge is -2.31. The van der Waals surface area contributed by atoms with Crippen LogP contribution in [0.5, 0.6) is 0 Å². The molecule has 4 nitrogen and oxygen atoms in total. The van der Waals surface area contributed by atoms with Crippen LogP contribution in [0.1, 0.15) is 25.7 Å². The first-order valence-electron chi connectivity index (χ1n) is 5.33. The van der Waals surface area contributed by atoms with E-state index in [1.165, 1.54) is 0 Å². The quantitative estimate of drug-likeness (QED) is 0.654. The largest absolute Gasteiger partial charge is 0.394 e. The smallest absolute Gasteiger partial charge is 0.0837 e. The van der Waals surface area contributed by atoms with E-state index in [9.17, 15) is 0 Å². The van der Waals surface area contributed by atoms with Gasteiger partial charge in [0, 0.05) is 0 Å². The molecule has 0 aromatic carbocycles. The van der Waals surface area contributed by atoms with Gasteiger partial charge in [-0.15, -0.1) is 0 Å². The first-order chi connectivity index (χ1) is 6.88. The third kappa shape index (κ3) is 3.92. The van der Waals surface area contributed by atoms with Crippen molar-refractivity contribution in [1.29, 1.82) is 0 Å². The first kappa shape index (κ1) is 11.9. The van der Waals surface area contributed by atoms with Gasteiger partial charge in [-0.05, 0) is 12.8 Å². The number of aliphatic hydroxyl groups is 2. The predicted molar refractivity (Wildman–Crippen MR) is 52.1 cm³/mol. The van der Waals surface area contributed by atoms with Gasteiger partial charge in [0.25, 0.3) is 0 Å². The van der Waals surface area contributed by atoms with Crippen molar-refractivity contribution < 1.29 is 19.7 Å². The average Bonchev–Trinajstić information content (AvgIpc) is 2.24. The molecule has 0 radical (unpaired) electrons. The fourth-order valence-electron chi connectivity index (χ4n) is 1.85. The fourth-order valence-corrected chi connectivity index (χ4v) is 1.85. The Morgan fingerprint density at radius 2 is 1.29 bits per heavy atom. The summed E-state index contributed by atoms with van der Waals surface area (Å²) in [6.07, 6.45) is 4.51. The third-order valence-electron chi connectivity index (χ3n) is 2.49. The maximum absolute atomic E-state index is 8.65. The Morgan fingerprint density at radius 1 is 0.857 bits per heavy atom. The van der Waals surface area contributed by atoms with Gasteiger partial charge in [0.05, 0.1) is 38.6 Å². The van der Waals surface area contributed by atoms with Crippen molar-refractivity contribution in [3.63, 3.8) is 0 Å². The van der Waals surface area contributed by atoms with E-state index in [2.05, 4.69) is 0 Å². The summed E-state index contributed by atoms with van der Waals surface area (Å²) in [5, 5.41) is 17.3. The lowest BCUT2D eigenvalue weighted by atomic mass is 9.94. The summed E-state index contributed by atoms with van der Waals surface area (Å²) in [5.41, 5.74) is 0. The molecule has 0 saturated heterocycles. The van der Waals surface area contributed by atoms with E-state index in [0.717, 1.165) is 25.7 Å². The number of hydrogen-bond acceptors (Lipinski definition) is 4. The molecule has 1 aliphatic rings. The fraction of sp³-hybridized carbons (Fsp3) is 1.00. The van der Waals surface area contributed by atoms with Crippen LogP contribution in [-0.4, -0.2) is 48.8 Å². The first-order valence-corrected chi connectivity index (χ1v) is 5.33. The summed E-state index contributed by atoms with van der Waals surface area (Å²) in [4.78, 5) is 0. The molecule has 1 fully saturated rings. The van der Waals surface area contributed by atoms with E-state index < -0.39 is 0 Å². The van der Waals surface area contributed by atoms with Crippen LogP contribution < -0.4 is 0 Å². The Kier molecular flexibility index (Phi) is 6.10. The van der Waals surface area contributed by atoms with Crippen LogP contribution in [0.25, 0.3) is 0 Å². The second-order valence-corrected chi connectivity index (χ2v) is 3.55. The van der Waals surface area contributed by atoms with E-state index in [1.807, 2.05) is 0 Å². The standard InChI is InChI=1S/C10H20O4/c11-5-7-13-9-3-1-2-4-10(9)14-8-6-12/h9-12H,1-8H2/t9-,10-/m1/s1. The van der Waals surface area contributed by atoms with Gasteiger partial charge in [-0.3, -0.25) is 0 Å². The van der Waals surface area contributed by atoms with E-state index >= 15 is 0 Å². The van der Waals surface area contributed by atoms with E-state index in [0.29, 0.717) is 13.2 Å². The zero-order chi connectivity index (χ0) is 10.2. The minimum atomic E-state index is 0.0587. The van der Waals surface area contributed by atoms with Crippen molar-refractivity contribution >= 4 is 0 Å². The highest BCUT2D eigenvalue weighted by Crippen LogP contribution is 2.23. The predicted octanol–water partition coefficient (Wildman–Crippen LogP) is 0.315. The van der Waals surface area contributed by atoms with Gasteiger partial charge in [0.1, 0.15) is 0 Å². The number of rotatable bonds is 6. The summed E-state index contributed by atoms with van der Waals surface area (Å²) >= 11 is 0. The van der Waals surface area contributed by atoms with Crippen LogP contribution in [0.4, 0.5) is 0 Å². The van der Waals surface area contributed by atoms with E-state index in [4.69, 9.17) is 19.7 Å². The highest BCUT2D eigenvalue weighted by atomic mass is 16.5. The van der Waals surface area contributed by atoms with Crippen LogP contribution in [0.2, 0.25) is 0 Å². The van der Waals surface area contributed by atoms with Gasteiger partial charge in [0.2, 0.25) is 0 Å². The van der Waals surface area contributed by atoms with Crippen molar-refractivity contribution in [2.24, 2.45) is 0 Å². The van der Waals surface area contributed by atoms with Gasteiger partial charge >= 0.3 is 0 Å².